The number of nitrogens with one attached hydrogen (secondary N) is 1. The normalized spacial score (nSPS) is 15.9. The number of likely N-dealkylation sites (tertiary alicyclic amines) is 1. The van der Waals surface area contributed by atoms with Gasteiger partial charge in [-0.25, -0.2) is 9.37 Å². The van der Waals surface area contributed by atoms with Crippen LogP contribution in [0.1, 0.15) is 35.7 Å². The number of fused-ring (bicyclic) bond motifs is 1. The molecule has 1 aromatic heterocycles. The minimum absolute atomic E-state index is 0.286. The summed E-state index contributed by atoms with van der Waals surface area (Å²) < 4.78 is 14.3. The molecule has 0 radical (unpaired) electrons. The Balaban J connectivity index is 1.46. The number of piperidine rings is 1. The van der Waals surface area contributed by atoms with E-state index in [4.69, 9.17) is 0 Å². The number of aromatic nitrogens is 1. The monoisotopic (exact) mass is 383 g/mol. The molecule has 0 unspecified atom stereocenters. The van der Waals surface area contributed by atoms with Crippen LogP contribution >= 0.6 is 11.3 Å². The summed E-state index contributed by atoms with van der Waals surface area (Å²) in [6.07, 6.45) is 2.53. The molecule has 0 saturated carbocycles. The highest BCUT2D eigenvalue weighted by Crippen LogP contribution is 2.28. The van der Waals surface area contributed by atoms with Gasteiger partial charge in [0.15, 0.2) is 5.13 Å². The molecule has 0 aliphatic carbocycles. The molecule has 1 saturated heterocycles. The van der Waals surface area contributed by atoms with Crippen LogP contribution in [0, 0.1) is 11.7 Å². The molecule has 2 heterocycles. The summed E-state index contributed by atoms with van der Waals surface area (Å²) in [7, 11) is 0. The molecule has 3 aromatic rings. The molecule has 1 aliphatic rings. The zero-order chi connectivity index (χ0) is 18.8. The summed E-state index contributed by atoms with van der Waals surface area (Å²) in [6.45, 7) is 5.57. The van der Waals surface area contributed by atoms with Gasteiger partial charge in [-0.05, 0) is 67.7 Å². The molecule has 1 amide bonds. The van der Waals surface area contributed by atoms with Crippen molar-refractivity contribution in [2.45, 2.75) is 26.3 Å². The van der Waals surface area contributed by atoms with Crippen molar-refractivity contribution in [3.8, 4) is 0 Å². The highest BCUT2D eigenvalue weighted by molar-refractivity contribution is 7.22. The molecular weight excluding hydrogens is 361 g/mol. The number of nitrogens with zero attached hydrogens (tertiary/aromatic N) is 2. The molecule has 1 aliphatic heterocycles. The number of carbonyl (C=O) groups is 1. The lowest BCUT2D eigenvalue weighted by molar-refractivity contribution is 0.102. The number of thiazole rings is 1. The van der Waals surface area contributed by atoms with Crippen molar-refractivity contribution in [1.29, 1.82) is 0 Å². The van der Waals surface area contributed by atoms with Gasteiger partial charge in [-0.2, -0.15) is 0 Å². The number of anilines is 1. The van der Waals surface area contributed by atoms with Crippen LogP contribution in [0.15, 0.2) is 42.5 Å². The first kappa shape index (κ1) is 18.1. The van der Waals surface area contributed by atoms with Crippen LogP contribution < -0.4 is 5.32 Å². The number of hydrogen-bond acceptors (Lipinski definition) is 4. The van der Waals surface area contributed by atoms with Gasteiger partial charge in [-0.15, -0.1) is 0 Å². The number of amides is 1. The second-order valence-corrected chi connectivity index (χ2v) is 8.27. The molecule has 6 heteroatoms. The molecule has 2 aromatic carbocycles. The van der Waals surface area contributed by atoms with E-state index in [0.29, 0.717) is 5.13 Å². The van der Waals surface area contributed by atoms with Gasteiger partial charge in [0.05, 0.1) is 10.2 Å². The number of carbonyl (C=O) groups excluding carboxylic acids is 1. The van der Waals surface area contributed by atoms with E-state index in [1.807, 2.05) is 6.07 Å². The molecule has 140 valence electrons. The van der Waals surface area contributed by atoms with Crippen molar-refractivity contribution in [3.63, 3.8) is 0 Å². The van der Waals surface area contributed by atoms with Gasteiger partial charge in [-0.3, -0.25) is 15.0 Å². The number of halogens is 1. The molecule has 1 N–H and O–H groups in total. The summed E-state index contributed by atoms with van der Waals surface area (Å²) >= 11 is 1.45. The molecule has 4 nitrogen and oxygen atoms in total. The van der Waals surface area contributed by atoms with Crippen LogP contribution in [0.4, 0.5) is 9.52 Å². The minimum atomic E-state index is -0.427. The minimum Gasteiger partial charge on any atom is -0.299 e. The van der Waals surface area contributed by atoms with E-state index in [2.05, 4.69) is 34.3 Å². The lowest BCUT2D eigenvalue weighted by atomic mass is 9.99. The van der Waals surface area contributed by atoms with E-state index in [-0.39, 0.29) is 11.5 Å². The van der Waals surface area contributed by atoms with Crippen LogP contribution in [0.3, 0.4) is 0 Å². The second-order valence-electron chi connectivity index (χ2n) is 7.24. The lowest BCUT2D eigenvalue weighted by Crippen LogP contribution is -2.32. The van der Waals surface area contributed by atoms with E-state index in [0.717, 1.165) is 35.8 Å². The first-order valence-corrected chi connectivity index (χ1v) is 10.1. The summed E-state index contributed by atoms with van der Waals surface area (Å²) in [6, 6.07) is 11.9. The zero-order valence-corrected chi connectivity index (χ0v) is 16.1. The highest BCUT2D eigenvalue weighted by Gasteiger charge is 2.16. The Morgan fingerprint density at radius 3 is 2.85 bits per heavy atom. The summed E-state index contributed by atoms with van der Waals surface area (Å²) in [4.78, 5) is 19.3. The fourth-order valence-electron chi connectivity index (χ4n) is 3.40. The second kappa shape index (κ2) is 7.74. The SMILES string of the molecule is CC1CCN(Cc2ccc3nc(NC(=O)c4cccc(F)c4)sc3c2)CC1. The predicted octanol–water partition coefficient (Wildman–Crippen LogP) is 4.92. The van der Waals surface area contributed by atoms with Gasteiger partial charge in [-0.1, -0.05) is 30.4 Å². The highest BCUT2D eigenvalue weighted by atomic mass is 32.1. The van der Waals surface area contributed by atoms with Gasteiger partial charge < -0.3 is 0 Å². The third-order valence-corrected chi connectivity index (χ3v) is 5.98. The van der Waals surface area contributed by atoms with Gasteiger partial charge in [0, 0.05) is 12.1 Å². The Morgan fingerprint density at radius 2 is 2.07 bits per heavy atom. The van der Waals surface area contributed by atoms with E-state index < -0.39 is 5.82 Å². The fraction of sp³-hybridized carbons (Fsp3) is 0.333. The number of hydrogen-bond donors (Lipinski definition) is 1. The van der Waals surface area contributed by atoms with Gasteiger partial charge in [0.2, 0.25) is 0 Å². The Hall–Kier alpha value is -2.31. The first-order valence-electron chi connectivity index (χ1n) is 9.25. The average molecular weight is 383 g/mol. The standard InChI is InChI=1S/C21H22FN3OS/c1-14-7-9-25(10-8-14)13-15-5-6-18-19(11-15)27-21(23-18)24-20(26)16-3-2-4-17(22)12-16/h2-6,11-12,14H,7-10,13H2,1H3,(H,23,24,26). The van der Waals surface area contributed by atoms with E-state index in [1.165, 1.54) is 47.9 Å². The van der Waals surface area contributed by atoms with Crippen LogP contribution in [0.5, 0.6) is 0 Å². The van der Waals surface area contributed by atoms with E-state index in [9.17, 15) is 9.18 Å². The van der Waals surface area contributed by atoms with Crippen molar-refractivity contribution in [2.75, 3.05) is 18.4 Å². The van der Waals surface area contributed by atoms with Crippen LogP contribution in [0.25, 0.3) is 10.2 Å². The van der Waals surface area contributed by atoms with Crippen LogP contribution in [0.2, 0.25) is 0 Å². The largest absolute Gasteiger partial charge is 0.299 e. The van der Waals surface area contributed by atoms with Gasteiger partial charge in [0.25, 0.3) is 5.91 Å². The third-order valence-electron chi connectivity index (χ3n) is 5.04. The Kier molecular flexibility index (Phi) is 5.18. The average Bonchev–Trinajstić information content (AvgIpc) is 3.05. The molecule has 1 fully saturated rings. The summed E-state index contributed by atoms with van der Waals surface area (Å²) in [5, 5.41) is 3.30. The molecule has 0 atom stereocenters. The zero-order valence-electron chi connectivity index (χ0n) is 15.2. The quantitative estimate of drug-likeness (QED) is 0.696. The van der Waals surface area contributed by atoms with Crippen LogP contribution in [-0.4, -0.2) is 28.9 Å². The number of benzene rings is 2. The van der Waals surface area contributed by atoms with Crippen LogP contribution in [-0.2, 0) is 6.54 Å². The maximum Gasteiger partial charge on any atom is 0.257 e. The fourth-order valence-corrected chi connectivity index (χ4v) is 4.32. The third kappa shape index (κ3) is 4.34. The molecule has 0 bridgehead atoms. The topological polar surface area (TPSA) is 45.2 Å². The maximum absolute atomic E-state index is 13.3. The molecule has 4 rings (SSSR count). The molecular formula is C21H22FN3OS. The summed E-state index contributed by atoms with van der Waals surface area (Å²) in [5.41, 5.74) is 2.42. The van der Waals surface area contributed by atoms with E-state index in [1.54, 1.807) is 6.07 Å². The Morgan fingerprint density at radius 1 is 1.26 bits per heavy atom. The number of rotatable bonds is 4. The lowest BCUT2D eigenvalue weighted by Gasteiger charge is -2.30. The predicted molar refractivity (Wildman–Crippen MR) is 108 cm³/mol. The summed E-state index contributed by atoms with van der Waals surface area (Å²) in [5.74, 6) is 0.0504. The molecule has 0 spiro atoms. The Bertz CT molecular complexity index is 963. The van der Waals surface area contributed by atoms with Crippen molar-refractivity contribution < 1.29 is 9.18 Å². The van der Waals surface area contributed by atoms with E-state index >= 15 is 0 Å². The van der Waals surface area contributed by atoms with Crippen molar-refractivity contribution in [3.05, 3.63) is 59.4 Å². The van der Waals surface area contributed by atoms with Crippen molar-refractivity contribution >= 4 is 32.6 Å². The Labute approximate surface area is 162 Å². The molecule has 27 heavy (non-hydrogen) atoms. The smallest absolute Gasteiger partial charge is 0.257 e. The van der Waals surface area contributed by atoms with Crippen molar-refractivity contribution in [2.24, 2.45) is 5.92 Å². The van der Waals surface area contributed by atoms with Gasteiger partial charge >= 0.3 is 0 Å². The first-order chi connectivity index (χ1) is 13.1. The van der Waals surface area contributed by atoms with Crippen molar-refractivity contribution in [1.82, 2.24) is 9.88 Å². The van der Waals surface area contributed by atoms with Gasteiger partial charge in [0.1, 0.15) is 5.82 Å². The maximum atomic E-state index is 13.3.